The molecule has 0 radical (unpaired) electrons. The molecule has 2 aromatic heterocycles. The number of benzene rings is 1. The van der Waals surface area contributed by atoms with Gasteiger partial charge in [0.2, 0.25) is 0 Å². The average Bonchev–Trinajstić information content (AvgIpc) is 3.29. The highest BCUT2D eigenvalue weighted by molar-refractivity contribution is 7.13. The Kier molecular flexibility index (Phi) is 4.15. The van der Waals surface area contributed by atoms with Gasteiger partial charge in [-0.25, -0.2) is 0 Å². The summed E-state index contributed by atoms with van der Waals surface area (Å²) in [5.41, 5.74) is 3.33. The molecule has 0 bridgehead atoms. The lowest BCUT2D eigenvalue weighted by Crippen LogP contribution is -2.36. The van der Waals surface area contributed by atoms with Gasteiger partial charge in [-0.3, -0.25) is 4.79 Å². The molecule has 1 amide bonds. The smallest absolute Gasteiger partial charge is 0.260 e. The molecule has 128 valence electrons. The number of nitrogens with zero attached hydrogens (tertiary/aromatic N) is 2. The number of amides is 1. The van der Waals surface area contributed by atoms with Crippen LogP contribution in [0.4, 0.5) is 0 Å². The number of aliphatic hydroxyl groups is 1. The van der Waals surface area contributed by atoms with Gasteiger partial charge in [-0.1, -0.05) is 35.5 Å². The van der Waals surface area contributed by atoms with E-state index in [4.69, 9.17) is 4.52 Å². The first kappa shape index (κ1) is 16.1. The first-order valence-electron chi connectivity index (χ1n) is 8.22. The van der Waals surface area contributed by atoms with Crippen molar-refractivity contribution in [2.75, 3.05) is 6.54 Å². The van der Waals surface area contributed by atoms with Crippen LogP contribution in [0.25, 0.3) is 10.6 Å². The van der Waals surface area contributed by atoms with Crippen molar-refractivity contribution < 1.29 is 14.4 Å². The van der Waals surface area contributed by atoms with E-state index in [0.717, 1.165) is 16.9 Å². The minimum Gasteiger partial charge on any atom is -0.385 e. The summed E-state index contributed by atoms with van der Waals surface area (Å²) in [5.74, 6) is 0.0855. The number of aromatic nitrogens is 1. The standard InChI is InChI=1S/C19H18N2O3S/c1-12(22)18-16(17(20-24-18)15-7-4-10-25-15)19(23)21-9-8-13-5-2-3-6-14(13)11-21/h2-7,10,12,22H,8-9,11H2,1H3. The van der Waals surface area contributed by atoms with Crippen LogP contribution in [-0.2, 0) is 13.0 Å². The van der Waals surface area contributed by atoms with Gasteiger partial charge in [-0.15, -0.1) is 11.3 Å². The van der Waals surface area contributed by atoms with Crippen LogP contribution in [0.1, 0.15) is 40.3 Å². The van der Waals surface area contributed by atoms with Crippen LogP contribution in [0.3, 0.4) is 0 Å². The Morgan fingerprint density at radius 3 is 2.80 bits per heavy atom. The molecule has 6 heteroatoms. The van der Waals surface area contributed by atoms with E-state index in [1.165, 1.54) is 16.9 Å². The molecule has 4 rings (SSSR count). The van der Waals surface area contributed by atoms with Crippen molar-refractivity contribution in [3.8, 4) is 10.6 Å². The Balaban J connectivity index is 1.72. The molecule has 0 aliphatic carbocycles. The third kappa shape index (κ3) is 2.88. The number of carbonyl (C=O) groups is 1. The summed E-state index contributed by atoms with van der Waals surface area (Å²) < 4.78 is 5.32. The Morgan fingerprint density at radius 2 is 2.08 bits per heavy atom. The van der Waals surface area contributed by atoms with E-state index in [1.54, 1.807) is 11.8 Å². The molecule has 0 saturated carbocycles. The lowest BCUT2D eigenvalue weighted by Gasteiger charge is -2.29. The van der Waals surface area contributed by atoms with E-state index in [2.05, 4.69) is 17.3 Å². The number of aliphatic hydroxyl groups excluding tert-OH is 1. The normalized spacial score (nSPS) is 15.0. The lowest BCUT2D eigenvalue weighted by molar-refractivity contribution is 0.0723. The zero-order valence-corrected chi connectivity index (χ0v) is 14.6. The summed E-state index contributed by atoms with van der Waals surface area (Å²) >= 11 is 1.49. The van der Waals surface area contributed by atoms with Crippen LogP contribution >= 0.6 is 11.3 Å². The molecule has 25 heavy (non-hydrogen) atoms. The van der Waals surface area contributed by atoms with Gasteiger partial charge in [0.1, 0.15) is 17.4 Å². The number of thiophene rings is 1. The van der Waals surface area contributed by atoms with Crippen LogP contribution in [0, 0.1) is 0 Å². The van der Waals surface area contributed by atoms with Gasteiger partial charge in [0.05, 0.1) is 4.88 Å². The molecular weight excluding hydrogens is 336 g/mol. The quantitative estimate of drug-likeness (QED) is 0.779. The lowest BCUT2D eigenvalue weighted by atomic mass is 9.98. The molecule has 3 heterocycles. The van der Waals surface area contributed by atoms with Crippen LogP contribution in [0.2, 0.25) is 0 Å². The number of carbonyl (C=O) groups excluding carboxylic acids is 1. The predicted molar refractivity (Wildman–Crippen MR) is 95.3 cm³/mol. The zero-order chi connectivity index (χ0) is 17.4. The second-order valence-corrected chi connectivity index (χ2v) is 7.12. The fourth-order valence-corrected chi connectivity index (χ4v) is 3.92. The van der Waals surface area contributed by atoms with Gasteiger partial charge < -0.3 is 14.5 Å². The number of hydrogen-bond donors (Lipinski definition) is 1. The Hall–Kier alpha value is -2.44. The molecule has 1 aliphatic heterocycles. The van der Waals surface area contributed by atoms with E-state index in [9.17, 15) is 9.90 Å². The third-order valence-corrected chi connectivity index (χ3v) is 5.36. The summed E-state index contributed by atoms with van der Waals surface area (Å²) in [5, 5.41) is 16.0. The second kappa shape index (κ2) is 6.46. The molecule has 0 fully saturated rings. The SMILES string of the molecule is CC(O)c1onc(-c2cccs2)c1C(=O)N1CCc2ccccc2C1. The second-order valence-electron chi connectivity index (χ2n) is 6.17. The number of hydrogen-bond acceptors (Lipinski definition) is 5. The van der Waals surface area contributed by atoms with E-state index in [0.29, 0.717) is 24.3 Å². The van der Waals surface area contributed by atoms with E-state index in [1.807, 2.05) is 29.6 Å². The monoisotopic (exact) mass is 354 g/mol. The van der Waals surface area contributed by atoms with Crippen LogP contribution in [-0.4, -0.2) is 27.6 Å². The molecule has 1 N–H and O–H groups in total. The first-order chi connectivity index (χ1) is 12.1. The molecular formula is C19H18N2O3S. The Labute approximate surface area is 149 Å². The Morgan fingerprint density at radius 1 is 1.28 bits per heavy atom. The van der Waals surface area contributed by atoms with Crippen molar-refractivity contribution in [1.82, 2.24) is 10.1 Å². The summed E-state index contributed by atoms with van der Waals surface area (Å²) in [4.78, 5) is 15.9. The molecule has 0 saturated heterocycles. The van der Waals surface area contributed by atoms with Crippen molar-refractivity contribution >= 4 is 17.2 Å². The van der Waals surface area contributed by atoms with Gasteiger partial charge in [0.25, 0.3) is 5.91 Å². The molecule has 1 unspecified atom stereocenters. The van der Waals surface area contributed by atoms with E-state index in [-0.39, 0.29) is 11.7 Å². The highest BCUT2D eigenvalue weighted by atomic mass is 32.1. The molecule has 0 spiro atoms. The average molecular weight is 354 g/mol. The van der Waals surface area contributed by atoms with E-state index >= 15 is 0 Å². The van der Waals surface area contributed by atoms with Crippen molar-refractivity contribution in [2.45, 2.75) is 26.0 Å². The Bertz CT molecular complexity index is 899. The minimum absolute atomic E-state index is 0.143. The van der Waals surface area contributed by atoms with Crippen molar-refractivity contribution in [1.29, 1.82) is 0 Å². The fraction of sp³-hybridized carbons (Fsp3) is 0.263. The molecule has 3 aromatic rings. The van der Waals surface area contributed by atoms with Crippen molar-refractivity contribution in [3.05, 3.63) is 64.2 Å². The number of fused-ring (bicyclic) bond motifs is 1. The van der Waals surface area contributed by atoms with Gasteiger partial charge in [0.15, 0.2) is 5.76 Å². The summed E-state index contributed by atoms with van der Waals surface area (Å²) in [6.07, 6.45) is -0.0665. The minimum atomic E-state index is -0.891. The summed E-state index contributed by atoms with van der Waals surface area (Å²) in [6, 6.07) is 12.0. The highest BCUT2D eigenvalue weighted by Gasteiger charge is 2.31. The van der Waals surface area contributed by atoms with Gasteiger partial charge in [0, 0.05) is 13.1 Å². The largest absolute Gasteiger partial charge is 0.385 e. The highest BCUT2D eigenvalue weighted by Crippen LogP contribution is 2.33. The maximum absolute atomic E-state index is 13.2. The van der Waals surface area contributed by atoms with Crippen molar-refractivity contribution in [2.24, 2.45) is 0 Å². The van der Waals surface area contributed by atoms with Crippen LogP contribution in [0.5, 0.6) is 0 Å². The summed E-state index contributed by atoms with van der Waals surface area (Å²) in [6.45, 7) is 2.79. The maximum atomic E-state index is 13.2. The molecule has 1 aromatic carbocycles. The van der Waals surface area contributed by atoms with Crippen LogP contribution in [0.15, 0.2) is 46.3 Å². The third-order valence-electron chi connectivity index (χ3n) is 4.48. The molecule has 5 nitrogen and oxygen atoms in total. The summed E-state index contributed by atoms with van der Waals surface area (Å²) in [7, 11) is 0. The maximum Gasteiger partial charge on any atom is 0.260 e. The topological polar surface area (TPSA) is 66.6 Å². The first-order valence-corrected chi connectivity index (χ1v) is 9.10. The predicted octanol–water partition coefficient (Wildman–Crippen LogP) is 3.65. The van der Waals surface area contributed by atoms with E-state index < -0.39 is 6.10 Å². The van der Waals surface area contributed by atoms with Gasteiger partial charge >= 0.3 is 0 Å². The van der Waals surface area contributed by atoms with Crippen LogP contribution < -0.4 is 0 Å². The van der Waals surface area contributed by atoms with Crippen molar-refractivity contribution in [3.63, 3.8) is 0 Å². The fourth-order valence-electron chi connectivity index (χ4n) is 3.20. The van der Waals surface area contributed by atoms with Gasteiger partial charge in [-0.2, -0.15) is 0 Å². The zero-order valence-electron chi connectivity index (χ0n) is 13.8. The number of rotatable bonds is 3. The molecule has 1 atom stereocenters. The molecule has 1 aliphatic rings. The van der Waals surface area contributed by atoms with Gasteiger partial charge in [-0.05, 0) is 35.9 Å².